The number of aromatic nitrogens is 1. The maximum absolute atomic E-state index is 9.27. The minimum atomic E-state index is -0.0634. The monoisotopic (exact) mass is 281 g/mol. The average molecular weight is 281 g/mol. The summed E-state index contributed by atoms with van der Waals surface area (Å²) < 4.78 is 5.53. The molecule has 1 aromatic heterocycles. The van der Waals surface area contributed by atoms with Crippen LogP contribution in [-0.2, 0) is 4.74 Å². The van der Waals surface area contributed by atoms with Gasteiger partial charge in [-0.2, -0.15) is 5.26 Å². The normalized spacial score (nSPS) is 11.7. The van der Waals surface area contributed by atoms with Crippen molar-refractivity contribution >= 4 is 5.69 Å². The molecule has 0 bridgehead atoms. The first-order valence-corrected chi connectivity index (χ1v) is 6.85. The number of benzene rings is 1. The Morgan fingerprint density at radius 2 is 2.00 bits per heavy atom. The second kappa shape index (κ2) is 6.87. The topological polar surface area (TPSA) is 57.9 Å². The van der Waals surface area contributed by atoms with Crippen molar-refractivity contribution in [3.63, 3.8) is 0 Å². The van der Waals surface area contributed by atoms with E-state index in [1.54, 1.807) is 7.11 Å². The van der Waals surface area contributed by atoms with Crippen molar-refractivity contribution in [2.24, 2.45) is 0 Å². The summed E-state index contributed by atoms with van der Waals surface area (Å²) in [4.78, 5) is 4.32. The zero-order valence-corrected chi connectivity index (χ0v) is 12.6. The number of methoxy groups -OCH3 is 1. The van der Waals surface area contributed by atoms with Gasteiger partial charge in [0.2, 0.25) is 0 Å². The van der Waals surface area contributed by atoms with E-state index < -0.39 is 0 Å². The van der Waals surface area contributed by atoms with Gasteiger partial charge in [-0.1, -0.05) is 30.3 Å². The molecule has 4 nitrogen and oxygen atoms in total. The average Bonchev–Trinajstić information content (AvgIpc) is 2.48. The molecule has 2 aromatic rings. The molecule has 0 aliphatic carbocycles. The maximum atomic E-state index is 9.27. The molecule has 2 rings (SSSR count). The molecule has 1 aromatic carbocycles. The van der Waals surface area contributed by atoms with Crippen molar-refractivity contribution in [3.8, 4) is 6.07 Å². The Balaban J connectivity index is 2.18. The third-order valence-electron chi connectivity index (χ3n) is 3.37. The second-order valence-corrected chi connectivity index (χ2v) is 4.90. The van der Waals surface area contributed by atoms with Crippen molar-refractivity contribution in [2.45, 2.75) is 20.0 Å². The fourth-order valence-corrected chi connectivity index (χ4v) is 2.32. The third kappa shape index (κ3) is 3.59. The second-order valence-electron chi connectivity index (χ2n) is 4.90. The van der Waals surface area contributed by atoms with Crippen LogP contribution in [-0.4, -0.2) is 18.6 Å². The van der Waals surface area contributed by atoms with Gasteiger partial charge in [-0.15, -0.1) is 0 Å². The number of nitriles is 1. The standard InChI is InChI=1S/C17H19N3O/c1-12-9-16(15(10-18)13(2)20-12)19-11-17(21-3)14-7-5-4-6-8-14/h4-9,17H,11H2,1-3H3,(H,19,20). The lowest BCUT2D eigenvalue weighted by atomic mass is 10.1. The number of hydrogen-bond acceptors (Lipinski definition) is 4. The van der Waals surface area contributed by atoms with Gasteiger partial charge in [-0.25, -0.2) is 0 Å². The summed E-state index contributed by atoms with van der Waals surface area (Å²) in [5.74, 6) is 0. The predicted molar refractivity (Wildman–Crippen MR) is 83.1 cm³/mol. The first-order chi connectivity index (χ1) is 10.2. The molecule has 4 heteroatoms. The Bertz CT molecular complexity index is 647. The van der Waals surface area contributed by atoms with Crippen LogP contribution in [0, 0.1) is 25.2 Å². The number of nitrogens with zero attached hydrogens (tertiary/aromatic N) is 2. The molecule has 21 heavy (non-hydrogen) atoms. The lowest BCUT2D eigenvalue weighted by molar-refractivity contribution is 0.114. The zero-order valence-electron chi connectivity index (χ0n) is 12.6. The number of nitrogens with one attached hydrogen (secondary N) is 1. The third-order valence-corrected chi connectivity index (χ3v) is 3.37. The molecule has 0 spiro atoms. The Labute approximate surface area is 125 Å². The van der Waals surface area contributed by atoms with Crippen LogP contribution in [0.25, 0.3) is 0 Å². The van der Waals surface area contributed by atoms with E-state index in [2.05, 4.69) is 16.4 Å². The van der Waals surface area contributed by atoms with Crippen LogP contribution in [0.1, 0.15) is 28.6 Å². The van der Waals surface area contributed by atoms with Crippen molar-refractivity contribution < 1.29 is 4.74 Å². The molecular weight excluding hydrogens is 262 g/mol. The fourth-order valence-electron chi connectivity index (χ4n) is 2.32. The highest BCUT2D eigenvalue weighted by Crippen LogP contribution is 2.21. The van der Waals surface area contributed by atoms with E-state index in [9.17, 15) is 5.26 Å². The quantitative estimate of drug-likeness (QED) is 0.913. The molecule has 1 unspecified atom stereocenters. The molecule has 0 aliphatic heterocycles. The predicted octanol–water partition coefficient (Wildman–Crippen LogP) is 3.37. The van der Waals surface area contributed by atoms with Gasteiger partial charge in [0.1, 0.15) is 6.07 Å². The van der Waals surface area contributed by atoms with Crippen molar-refractivity contribution in [3.05, 3.63) is 58.9 Å². The van der Waals surface area contributed by atoms with Gasteiger partial charge < -0.3 is 10.1 Å². The van der Waals surface area contributed by atoms with Crippen molar-refractivity contribution in [1.29, 1.82) is 5.26 Å². The van der Waals surface area contributed by atoms with Gasteiger partial charge in [0.15, 0.2) is 0 Å². The molecule has 0 saturated carbocycles. The largest absolute Gasteiger partial charge is 0.381 e. The molecular formula is C17H19N3O. The van der Waals surface area contributed by atoms with Crippen LogP contribution in [0.3, 0.4) is 0 Å². The van der Waals surface area contributed by atoms with Gasteiger partial charge in [-0.3, -0.25) is 4.98 Å². The molecule has 1 heterocycles. The van der Waals surface area contributed by atoms with E-state index >= 15 is 0 Å². The van der Waals surface area contributed by atoms with Crippen molar-refractivity contribution in [1.82, 2.24) is 4.98 Å². The van der Waals surface area contributed by atoms with E-state index in [0.717, 1.165) is 22.6 Å². The fraction of sp³-hybridized carbons (Fsp3) is 0.294. The molecule has 1 atom stereocenters. The van der Waals surface area contributed by atoms with Crippen LogP contribution in [0.4, 0.5) is 5.69 Å². The molecule has 1 N–H and O–H groups in total. The van der Waals surface area contributed by atoms with Gasteiger partial charge >= 0.3 is 0 Å². The Morgan fingerprint density at radius 1 is 1.29 bits per heavy atom. The summed E-state index contributed by atoms with van der Waals surface area (Å²) in [5, 5.41) is 12.6. The lowest BCUT2D eigenvalue weighted by Crippen LogP contribution is -2.15. The minimum absolute atomic E-state index is 0.0634. The SMILES string of the molecule is COC(CNc1cc(C)nc(C)c1C#N)c1ccccc1. The number of aryl methyl sites for hydroxylation is 2. The summed E-state index contributed by atoms with van der Waals surface area (Å²) in [6.45, 7) is 4.37. The van der Waals surface area contributed by atoms with E-state index in [1.807, 2.05) is 50.2 Å². The maximum Gasteiger partial charge on any atom is 0.103 e. The van der Waals surface area contributed by atoms with Crippen LogP contribution >= 0.6 is 0 Å². The number of rotatable bonds is 5. The highest BCUT2D eigenvalue weighted by molar-refractivity contribution is 5.59. The first-order valence-electron chi connectivity index (χ1n) is 6.85. The first kappa shape index (κ1) is 15.0. The van der Waals surface area contributed by atoms with Gasteiger partial charge in [0.05, 0.1) is 23.0 Å². The van der Waals surface area contributed by atoms with Crippen LogP contribution in [0.5, 0.6) is 0 Å². The summed E-state index contributed by atoms with van der Waals surface area (Å²) in [7, 11) is 1.69. The molecule has 0 fully saturated rings. The number of pyridine rings is 1. The van der Waals surface area contributed by atoms with Gasteiger partial charge in [0.25, 0.3) is 0 Å². The van der Waals surface area contributed by atoms with Crippen LogP contribution < -0.4 is 5.32 Å². The molecule has 0 amide bonds. The molecule has 108 valence electrons. The lowest BCUT2D eigenvalue weighted by Gasteiger charge is -2.18. The van der Waals surface area contributed by atoms with Gasteiger partial charge in [0, 0.05) is 19.3 Å². The minimum Gasteiger partial charge on any atom is -0.381 e. The summed E-state index contributed by atoms with van der Waals surface area (Å²) >= 11 is 0. The molecule has 0 aliphatic rings. The van der Waals surface area contributed by atoms with Gasteiger partial charge in [-0.05, 0) is 25.5 Å². The number of hydrogen-bond donors (Lipinski definition) is 1. The smallest absolute Gasteiger partial charge is 0.103 e. The zero-order chi connectivity index (χ0) is 15.2. The molecule has 0 radical (unpaired) electrons. The number of anilines is 1. The Morgan fingerprint density at radius 3 is 2.62 bits per heavy atom. The van der Waals surface area contributed by atoms with E-state index in [1.165, 1.54) is 0 Å². The van der Waals surface area contributed by atoms with E-state index in [4.69, 9.17) is 4.74 Å². The summed E-state index contributed by atoms with van der Waals surface area (Å²) in [6.07, 6.45) is -0.0634. The van der Waals surface area contributed by atoms with E-state index in [0.29, 0.717) is 12.1 Å². The summed E-state index contributed by atoms with van der Waals surface area (Å²) in [6, 6.07) is 14.1. The Hall–Kier alpha value is -2.38. The highest BCUT2D eigenvalue weighted by Gasteiger charge is 2.12. The van der Waals surface area contributed by atoms with E-state index in [-0.39, 0.29) is 6.10 Å². The summed E-state index contributed by atoms with van der Waals surface area (Å²) in [5.41, 5.74) is 4.13. The van der Waals surface area contributed by atoms with Crippen LogP contribution in [0.2, 0.25) is 0 Å². The van der Waals surface area contributed by atoms with Crippen LogP contribution in [0.15, 0.2) is 36.4 Å². The number of ether oxygens (including phenoxy) is 1. The van der Waals surface area contributed by atoms with Crippen molar-refractivity contribution in [2.75, 3.05) is 19.0 Å². The Kier molecular flexibility index (Phi) is 4.91. The molecule has 0 saturated heterocycles. The highest BCUT2D eigenvalue weighted by atomic mass is 16.5.